The van der Waals surface area contributed by atoms with Gasteiger partial charge in [0, 0.05) is 19.3 Å². The Morgan fingerprint density at radius 3 is 1.76 bits per heavy atom. The summed E-state index contributed by atoms with van der Waals surface area (Å²) in [6.07, 6.45) is 2.13. The zero-order chi connectivity index (χ0) is 15.8. The number of sulfone groups is 1. The lowest BCUT2D eigenvalue weighted by Gasteiger charge is -2.34. The van der Waals surface area contributed by atoms with Gasteiger partial charge in [-0.1, -0.05) is 13.8 Å². The summed E-state index contributed by atoms with van der Waals surface area (Å²) in [5, 5.41) is 0. The highest BCUT2D eigenvalue weighted by Gasteiger charge is 2.31. The third-order valence-electron chi connectivity index (χ3n) is 3.73. The molecule has 0 saturated carbocycles. The van der Waals surface area contributed by atoms with Crippen molar-refractivity contribution in [3.8, 4) is 0 Å². The molecule has 5 nitrogen and oxygen atoms in total. The van der Waals surface area contributed by atoms with Gasteiger partial charge in [0.25, 0.3) is 0 Å². The lowest BCUT2D eigenvalue weighted by molar-refractivity contribution is 0.222. The Balaban J connectivity index is 2.31. The summed E-state index contributed by atoms with van der Waals surface area (Å²) >= 11 is 0. The van der Waals surface area contributed by atoms with E-state index in [-0.39, 0.29) is 9.79 Å². The summed E-state index contributed by atoms with van der Waals surface area (Å²) in [6, 6.07) is 5.43. The molecule has 0 amide bonds. The second-order valence-electron chi connectivity index (χ2n) is 6.01. The molecular formula is C14H21NO4S2. The second-order valence-corrected chi connectivity index (χ2v) is 9.97. The van der Waals surface area contributed by atoms with Gasteiger partial charge in [0.05, 0.1) is 9.79 Å². The Labute approximate surface area is 126 Å². The van der Waals surface area contributed by atoms with Gasteiger partial charge in [-0.25, -0.2) is 16.8 Å². The zero-order valence-electron chi connectivity index (χ0n) is 12.5. The summed E-state index contributed by atoms with van der Waals surface area (Å²) in [6.45, 7) is 5.12. The quantitative estimate of drug-likeness (QED) is 0.846. The van der Waals surface area contributed by atoms with Crippen LogP contribution in [0.5, 0.6) is 0 Å². The SMILES string of the molecule is CC1CC(C)CN(S(=O)(=O)c2ccc(S(C)(=O)=O)cc2)C1. The van der Waals surface area contributed by atoms with Gasteiger partial charge in [0.15, 0.2) is 9.84 Å². The fourth-order valence-corrected chi connectivity index (χ4v) is 5.12. The summed E-state index contributed by atoms with van der Waals surface area (Å²) in [4.78, 5) is 0.276. The van der Waals surface area contributed by atoms with Crippen LogP contribution in [-0.4, -0.2) is 40.5 Å². The van der Waals surface area contributed by atoms with E-state index in [9.17, 15) is 16.8 Å². The Hall–Kier alpha value is -0.920. The van der Waals surface area contributed by atoms with Gasteiger partial charge in [-0.3, -0.25) is 0 Å². The van der Waals surface area contributed by atoms with Gasteiger partial charge in [0.2, 0.25) is 10.0 Å². The molecule has 1 aliphatic rings. The molecule has 2 rings (SSSR count). The number of sulfonamides is 1. The molecule has 1 aliphatic heterocycles. The third-order valence-corrected chi connectivity index (χ3v) is 6.70. The van der Waals surface area contributed by atoms with Crippen LogP contribution in [0, 0.1) is 11.8 Å². The molecule has 2 unspecified atom stereocenters. The largest absolute Gasteiger partial charge is 0.243 e. The fraction of sp³-hybridized carbons (Fsp3) is 0.571. The Kier molecular flexibility index (Phi) is 4.46. The standard InChI is InChI=1S/C14H21NO4S2/c1-11-8-12(2)10-15(9-11)21(18,19)14-6-4-13(5-7-14)20(3,16)17/h4-7,11-12H,8-10H2,1-3H3. The van der Waals surface area contributed by atoms with Gasteiger partial charge in [-0.2, -0.15) is 4.31 Å². The molecule has 7 heteroatoms. The van der Waals surface area contributed by atoms with E-state index in [1.807, 2.05) is 13.8 Å². The Morgan fingerprint density at radius 2 is 1.33 bits per heavy atom. The van der Waals surface area contributed by atoms with Crippen LogP contribution in [0.4, 0.5) is 0 Å². The maximum Gasteiger partial charge on any atom is 0.243 e. The van der Waals surface area contributed by atoms with Crippen LogP contribution in [0.1, 0.15) is 20.3 Å². The predicted octanol–water partition coefficient (Wildman–Crippen LogP) is 1.76. The first-order valence-corrected chi connectivity index (χ1v) is 10.2. The minimum Gasteiger partial charge on any atom is -0.224 e. The van der Waals surface area contributed by atoms with E-state index in [2.05, 4.69) is 0 Å². The topological polar surface area (TPSA) is 71.5 Å². The van der Waals surface area contributed by atoms with Crippen LogP contribution in [0.3, 0.4) is 0 Å². The molecule has 1 saturated heterocycles. The van der Waals surface area contributed by atoms with Crippen molar-refractivity contribution >= 4 is 19.9 Å². The van der Waals surface area contributed by atoms with Crippen molar-refractivity contribution in [1.29, 1.82) is 0 Å². The minimum absolute atomic E-state index is 0.127. The van der Waals surface area contributed by atoms with Crippen molar-refractivity contribution < 1.29 is 16.8 Å². The molecule has 0 bridgehead atoms. The number of rotatable bonds is 3. The van der Waals surface area contributed by atoms with Crippen molar-refractivity contribution in [3.63, 3.8) is 0 Å². The molecule has 0 aliphatic carbocycles. The van der Waals surface area contributed by atoms with E-state index in [1.165, 1.54) is 28.6 Å². The highest BCUT2D eigenvalue weighted by Crippen LogP contribution is 2.27. The monoisotopic (exact) mass is 331 g/mol. The number of hydrogen-bond donors (Lipinski definition) is 0. The average molecular weight is 331 g/mol. The van der Waals surface area contributed by atoms with Crippen molar-refractivity contribution in [3.05, 3.63) is 24.3 Å². The summed E-state index contributed by atoms with van der Waals surface area (Å²) in [5.74, 6) is 0.664. The molecule has 1 aromatic rings. The molecule has 0 aromatic heterocycles. The van der Waals surface area contributed by atoms with E-state index in [4.69, 9.17) is 0 Å². The first-order valence-electron chi connectivity index (χ1n) is 6.91. The van der Waals surface area contributed by atoms with E-state index >= 15 is 0 Å². The molecule has 1 fully saturated rings. The molecule has 2 atom stereocenters. The summed E-state index contributed by atoms with van der Waals surface area (Å²) in [7, 11) is -6.87. The van der Waals surface area contributed by atoms with Crippen molar-refractivity contribution in [2.75, 3.05) is 19.3 Å². The van der Waals surface area contributed by atoms with Crippen LogP contribution in [0.15, 0.2) is 34.1 Å². The molecular weight excluding hydrogens is 310 g/mol. The number of nitrogens with zero attached hydrogens (tertiary/aromatic N) is 1. The maximum absolute atomic E-state index is 12.6. The third kappa shape index (κ3) is 3.64. The minimum atomic E-state index is -3.55. The fourth-order valence-electron chi connectivity index (χ4n) is 2.81. The first-order chi connectivity index (χ1) is 9.60. The lowest BCUT2D eigenvalue weighted by Crippen LogP contribution is -2.42. The van der Waals surface area contributed by atoms with Crippen molar-refractivity contribution in [2.45, 2.75) is 30.1 Å². The predicted molar refractivity (Wildman–Crippen MR) is 81.3 cm³/mol. The van der Waals surface area contributed by atoms with Gasteiger partial charge < -0.3 is 0 Å². The van der Waals surface area contributed by atoms with Crippen LogP contribution >= 0.6 is 0 Å². The summed E-state index contributed by atoms with van der Waals surface area (Å²) in [5.41, 5.74) is 0. The zero-order valence-corrected chi connectivity index (χ0v) is 14.1. The molecule has 1 heterocycles. The van der Waals surface area contributed by atoms with Gasteiger partial charge in [-0.15, -0.1) is 0 Å². The number of piperidine rings is 1. The lowest BCUT2D eigenvalue weighted by atomic mass is 9.94. The van der Waals surface area contributed by atoms with Gasteiger partial charge in [0.1, 0.15) is 0 Å². The number of benzene rings is 1. The van der Waals surface area contributed by atoms with Gasteiger partial charge >= 0.3 is 0 Å². The molecule has 118 valence electrons. The van der Waals surface area contributed by atoms with E-state index in [0.29, 0.717) is 24.9 Å². The Morgan fingerprint density at radius 1 is 0.905 bits per heavy atom. The van der Waals surface area contributed by atoms with Crippen LogP contribution in [-0.2, 0) is 19.9 Å². The van der Waals surface area contributed by atoms with E-state index in [1.54, 1.807) is 0 Å². The summed E-state index contributed by atoms with van der Waals surface area (Å²) < 4.78 is 49.6. The molecule has 1 aromatic carbocycles. The van der Waals surface area contributed by atoms with Crippen LogP contribution in [0.2, 0.25) is 0 Å². The average Bonchev–Trinajstić information content (AvgIpc) is 2.36. The molecule has 0 radical (unpaired) electrons. The second kappa shape index (κ2) is 5.70. The normalized spacial score (nSPS) is 24.9. The molecule has 21 heavy (non-hydrogen) atoms. The highest BCUT2D eigenvalue weighted by molar-refractivity contribution is 7.90. The smallest absolute Gasteiger partial charge is 0.224 e. The first kappa shape index (κ1) is 16.5. The van der Waals surface area contributed by atoms with Crippen LogP contribution < -0.4 is 0 Å². The van der Waals surface area contributed by atoms with E-state index in [0.717, 1.165) is 12.7 Å². The Bertz CT molecular complexity index is 698. The van der Waals surface area contributed by atoms with Crippen molar-refractivity contribution in [2.24, 2.45) is 11.8 Å². The molecule has 0 spiro atoms. The van der Waals surface area contributed by atoms with E-state index < -0.39 is 19.9 Å². The number of hydrogen-bond acceptors (Lipinski definition) is 4. The van der Waals surface area contributed by atoms with Gasteiger partial charge in [-0.05, 0) is 42.5 Å². The van der Waals surface area contributed by atoms with Crippen LogP contribution in [0.25, 0.3) is 0 Å². The molecule has 0 N–H and O–H groups in total. The van der Waals surface area contributed by atoms with Crippen molar-refractivity contribution in [1.82, 2.24) is 4.31 Å². The maximum atomic E-state index is 12.6. The highest BCUT2D eigenvalue weighted by atomic mass is 32.2.